The highest BCUT2D eigenvalue weighted by Gasteiger charge is 2.33. The molecule has 0 saturated carbocycles. The largest absolute Gasteiger partial charge is 0.480 e. The van der Waals surface area contributed by atoms with E-state index in [1.54, 1.807) is 19.3 Å². The minimum atomic E-state index is -3.39. The van der Waals surface area contributed by atoms with Gasteiger partial charge in [-0.3, -0.25) is 9.69 Å². The predicted molar refractivity (Wildman–Crippen MR) is 172 cm³/mol. The van der Waals surface area contributed by atoms with Crippen LogP contribution in [-0.2, 0) is 25.9 Å². The van der Waals surface area contributed by atoms with Crippen molar-refractivity contribution >= 4 is 21.7 Å². The fourth-order valence-corrected chi connectivity index (χ4v) is 6.30. The lowest BCUT2D eigenvalue weighted by Gasteiger charge is -2.31. The lowest BCUT2D eigenvalue weighted by Crippen LogP contribution is -2.42. The minimum absolute atomic E-state index is 0.217. The van der Waals surface area contributed by atoms with Gasteiger partial charge in [-0.1, -0.05) is 66.8 Å². The number of amides is 1. The van der Waals surface area contributed by atoms with Gasteiger partial charge in [-0.25, -0.2) is 13.2 Å². The monoisotopic (exact) mass is 608 g/mol. The summed E-state index contributed by atoms with van der Waals surface area (Å²) in [7, 11) is -1.67. The molecule has 1 fully saturated rings. The fraction of sp³-hybridized carbons (Fsp3) is 0.412. The lowest BCUT2D eigenvalue weighted by molar-refractivity contribution is -0.139. The summed E-state index contributed by atoms with van der Waals surface area (Å²) in [5.41, 5.74) is 5.14. The van der Waals surface area contributed by atoms with E-state index in [1.807, 2.05) is 56.3 Å². The SMILES string of the molecule is C=C/C=C\C(=C/C)CC1CC[C@H](COC)N1Cc1ccc(C(=O)NC(CCS(C)(=O)=O)C(=O)O)c(-c2ccccc2C)c1. The number of sulfone groups is 1. The number of allylic oxidation sites excluding steroid dienone is 4. The lowest BCUT2D eigenvalue weighted by atomic mass is 9.93. The Hall–Kier alpha value is -3.53. The third-order valence-electron chi connectivity index (χ3n) is 7.93. The number of likely N-dealkylation sites (tertiary alicyclic amines) is 1. The molecule has 0 aliphatic carbocycles. The van der Waals surface area contributed by atoms with E-state index in [-0.39, 0.29) is 18.2 Å². The van der Waals surface area contributed by atoms with Crippen LogP contribution in [0.4, 0.5) is 0 Å². The zero-order valence-corrected chi connectivity index (χ0v) is 26.4. The number of methoxy groups -OCH3 is 1. The van der Waals surface area contributed by atoms with Gasteiger partial charge >= 0.3 is 5.97 Å². The first-order valence-corrected chi connectivity index (χ1v) is 16.6. The molecule has 9 heteroatoms. The molecule has 1 amide bonds. The number of aryl methyl sites for hydroxylation is 1. The standard InChI is InChI=1S/C34H44N2O6S/c1-6-8-12-25(7-2)20-27-15-16-28(23-42-4)36(27)22-26-14-17-30(31(21-26)29-13-10-9-11-24(29)3)33(37)35-32(34(38)39)18-19-43(5,40)41/h6-14,17,21,27-28,32H,1,15-16,18-20,22-23H2,2-5H3,(H,35,37)(H,38,39)/b12-8-,25-7+/t27?,28-,32?/m1/s1. The summed E-state index contributed by atoms with van der Waals surface area (Å²) in [6.07, 6.45) is 11.8. The van der Waals surface area contributed by atoms with Gasteiger partial charge in [0.1, 0.15) is 15.9 Å². The van der Waals surface area contributed by atoms with Crippen molar-refractivity contribution in [2.24, 2.45) is 0 Å². The Balaban J connectivity index is 1.97. The number of aliphatic carboxylic acids is 1. The van der Waals surface area contributed by atoms with Gasteiger partial charge < -0.3 is 15.2 Å². The van der Waals surface area contributed by atoms with Gasteiger partial charge in [0, 0.05) is 37.6 Å². The Kier molecular flexibility index (Phi) is 12.5. The molecular formula is C34H44N2O6S. The van der Waals surface area contributed by atoms with Crippen LogP contribution in [0.5, 0.6) is 0 Å². The Bertz CT molecular complexity index is 1460. The molecule has 0 radical (unpaired) electrons. The highest BCUT2D eigenvalue weighted by Crippen LogP contribution is 2.33. The van der Waals surface area contributed by atoms with E-state index in [2.05, 4.69) is 28.9 Å². The quantitative estimate of drug-likeness (QED) is 0.263. The summed E-state index contributed by atoms with van der Waals surface area (Å²) in [6, 6.07) is 12.7. The van der Waals surface area contributed by atoms with Gasteiger partial charge in [-0.05, 0) is 73.9 Å². The van der Waals surface area contributed by atoms with Crippen LogP contribution >= 0.6 is 0 Å². The Morgan fingerprint density at radius 2 is 1.88 bits per heavy atom. The third kappa shape index (κ3) is 9.74. The van der Waals surface area contributed by atoms with Crippen LogP contribution in [-0.4, -0.2) is 74.2 Å². The van der Waals surface area contributed by atoms with Crippen molar-refractivity contribution in [1.29, 1.82) is 0 Å². The molecule has 1 aliphatic rings. The maximum Gasteiger partial charge on any atom is 0.326 e. The summed E-state index contributed by atoms with van der Waals surface area (Å²) in [5, 5.41) is 12.2. The molecule has 0 bridgehead atoms. The van der Waals surface area contributed by atoms with Crippen LogP contribution in [0.2, 0.25) is 0 Å². The summed E-state index contributed by atoms with van der Waals surface area (Å²) < 4.78 is 28.9. The maximum atomic E-state index is 13.5. The van der Waals surface area contributed by atoms with Gasteiger partial charge in [0.2, 0.25) is 0 Å². The molecular weight excluding hydrogens is 564 g/mol. The highest BCUT2D eigenvalue weighted by molar-refractivity contribution is 7.90. The average Bonchev–Trinajstić information content (AvgIpc) is 3.33. The summed E-state index contributed by atoms with van der Waals surface area (Å²) in [4.78, 5) is 27.9. The van der Waals surface area contributed by atoms with Gasteiger partial charge in [-0.2, -0.15) is 0 Å². The molecule has 0 spiro atoms. The molecule has 8 nitrogen and oxygen atoms in total. The summed E-state index contributed by atoms with van der Waals surface area (Å²) in [6.45, 7) is 9.08. The molecule has 2 unspecified atom stereocenters. The van der Waals surface area contributed by atoms with Crippen molar-refractivity contribution in [3.63, 3.8) is 0 Å². The molecule has 2 N–H and O–H groups in total. The number of nitrogens with zero attached hydrogens (tertiary/aromatic N) is 1. The molecule has 3 atom stereocenters. The van der Waals surface area contributed by atoms with Gasteiger partial charge in [0.15, 0.2) is 0 Å². The zero-order valence-electron chi connectivity index (χ0n) is 25.6. The smallest absolute Gasteiger partial charge is 0.326 e. The van der Waals surface area contributed by atoms with Crippen LogP contribution < -0.4 is 5.32 Å². The molecule has 232 valence electrons. The average molecular weight is 609 g/mol. The number of hydrogen-bond acceptors (Lipinski definition) is 6. The molecule has 3 rings (SSSR count). The maximum absolute atomic E-state index is 13.5. The Morgan fingerprint density at radius 3 is 2.51 bits per heavy atom. The fourth-order valence-electron chi connectivity index (χ4n) is 5.63. The first kappa shape index (κ1) is 34.0. The van der Waals surface area contributed by atoms with Crippen LogP contribution in [0, 0.1) is 6.92 Å². The molecule has 1 saturated heterocycles. The van der Waals surface area contributed by atoms with Crippen molar-refractivity contribution in [1.82, 2.24) is 10.2 Å². The number of carboxylic acids is 1. The summed E-state index contributed by atoms with van der Waals surface area (Å²) in [5.74, 6) is -2.18. The van der Waals surface area contributed by atoms with E-state index >= 15 is 0 Å². The Morgan fingerprint density at radius 1 is 1.16 bits per heavy atom. The number of carbonyl (C=O) groups excluding carboxylic acids is 1. The third-order valence-corrected chi connectivity index (χ3v) is 8.91. The number of carboxylic acid groups (broad SMARTS) is 1. The number of hydrogen-bond donors (Lipinski definition) is 2. The van der Waals surface area contributed by atoms with E-state index in [1.165, 1.54) is 5.57 Å². The second-order valence-corrected chi connectivity index (χ2v) is 13.4. The molecule has 1 heterocycles. The van der Waals surface area contributed by atoms with Crippen molar-refractivity contribution < 1.29 is 27.9 Å². The van der Waals surface area contributed by atoms with E-state index in [4.69, 9.17) is 4.74 Å². The number of nitrogens with one attached hydrogen (secondary N) is 1. The molecule has 2 aromatic rings. The van der Waals surface area contributed by atoms with Crippen LogP contribution in [0.1, 0.15) is 54.1 Å². The zero-order chi connectivity index (χ0) is 31.6. The van der Waals surface area contributed by atoms with Crippen LogP contribution in [0.3, 0.4) is 0 Å². The second kappa shape index (κ2) is 15.8. The van der Waals surface area contributed by atoms with E-state index in [0.29, 0.717) is 30.3 Å². The first-order valence-electron chi connectivity index (χ1n) is 14.6. The number of carbonyl (C=O) groups is 2. The second-order valence-electron chi connectivity index (χ2n) is 11.2. The van der Waals surface area contributed by atoms with Gasteiger partial charge in [0.25, 0.3) is 5.91 Å². The Labute approximate surface area is 256 Å². The van der Waals surface area contributed by atoms with Gasteiger partial charge in [0.05, 0.1) is 12.4 Å². The van der Waals surface area contributed by atoms with Crippen molar-refractivity contribution in [2.75, 3.05) is 25.7 Å². The molecule has 2 aromatic carbocycles. The van der Waals surface area contributed by atoms with E-state index < -0.39 is 27.8 Å². The van der Waals surface area contributed by atoms with Crippen LogP contribution in [0.25, 0.3) is 11.1 Å². The first-order chi connectivity index (χ1) is 20.5. The van der Waals surface area contributed by atoms with Gasteiger partial charge in [-0.15, -0.1) is 0 Å². The minimum Gasteiger partial charge on any atom is -0.480 e. The highest BCUT2D eigenvalue weighted by atomic mass is 32.2. The van der Waals surface area contributed by atoms with Crippen molar-refractivity contribution in [3.8, 4) is 11.1 Å². The topological polar surface area (TPSA) is 113 Å². The molecule has 43 heavy (non-hydrogen) atoms. The normalized spacial score (nSPS) is 18.6. The number of rotatable bonds is 15. The summed E-state index contributed by atoms with van der Waals surface area (Å²) >= 11 is 0. The molecule has 1 aliphatic heterocycles. The van der Waals surface area contributed by atoms with Crippen molar-refractivity contribution in [3.05, 3.63) is 95.6 Å². The number of ether oxygens (including phenoxy) is 1. The van der Waals surface area contributed by atoms with Crippen LogP contribution in [0.15, 0.2) is 78.9 Å². The van der Waals surface area contributed by atoms with E-state index in [0.717, 1.165) is 42.2 Å². The van der Waals surface area contributed by atoms with Crippen molar-refractivity contribution in [2.45, 2.75) is 64.2 Å². The molecule has 0 aromatic heterocycles. The predicted octanol–water partition coefficient (Wildman–Crippen LogP) is 5.34. The van der Waals surface area contributed by atoms with E-state index in [9.17, 15) is 23.1 Å². The number of benzene rings is 2.